The molecule has 0 bridgehead atoms. The van der Waals surface area contributed by atoms with E-state index in [-0.39, 0.29) is 56.2 Å². The van der Waals surface area contributed by atoms with E-state index in [0.29, 0.717) is 11.3 Å². The molecular weight excluding hydrogens is 374 g/mol. The first-order chi connectivity index (χ1) is 12.4. The second-order valence-corrected chi connectivity index (χ2v) is 6.05. The second kappa shape index (κ2) is 8.54. The predicted octanol–water partition coefficient (Wildman–Crippen LogP) is 1.07. The van der Waals surface area contributed by atoms with Crippen molar-refractivity contribution >= 4 is 36.0 Å². The van der Waals surface area contributed by atoms with Crippen molar-refractivity contribution in [2.75, 3.05) is 18.0 Å². The standard InChI is InChI=1S/C17H19N5O4.ClH/c18-15-12(6-20-17(19)21-15)9-26-13-4-2-1-3-10(13)7-22-8-11(16(24)25)5-14(22)23;/h1-4,6,11H,5,7-9H2,(H,24,25)(H4,18,19,20,21);1H. The van der Waals surface area contributed by atoms with Crippen molar-refractivity contribution in [2.24, 2.45) is 5.92 Å². The molecule has 5 N–H and O–H groups in total. The van der Waals surface area contributed by atoms with Gasteiger partial charge in [0.25, 0.3) is 0 Å². The highest BCUT2D eigenvalue weighted by Gasteiger charge is 2.34. The van der Waals surface area contributed by atoms with E-state index in [0.717, 1.165) is 5.56 Å². The van der Waals surface area contributed by atoms with Gasteiger partial charge in [0, 0.05) is 31.3 Å². The van der Waals surface area contributed by atoms with Crippen LogP contribution in [-0.4, -0.2) is 38.4 Å². The molecule has 0 aliphatic carbocycles. The van der Waals surface area contributed by atoms with E-state index in [4.69, 9.17) is 21.3 Å². The van der Waals surface area contributed by atoms with Crippen molar-refractivity contribution in [3.8, 4) is 5.75 Å². The Labute approximate surface area is 161 Å². The fraction of sp³-hybridized carbons (Fsp3) is 0.294. The van der Waals surface area contributed by atoms with E-state index in [1.165, 1.54) is 11.1 Å². The van der Waals surface area contributed by atoms with E-state index in [2.05, 4.69) is 9.97 Å². The molecule has 0 saturated carbocycles. The Morgan fingerprint density at radius 2 is 2.04 bits per heavy atom. The maximum absolute atomic E-state index is 12.0. The van der Waals surface area contributed by atoms with Gasteiger partial charge >= 0.3 is 5.97 Å². The first kappa shape index (κ1) is 20.2. The van der Waals surface area contributed by atoms with Crippen LogP contribution in [-0.2, 0) is 22.7 Å². The lowest BCUT2D eigenvalue weighted by molar-refractivity contribution is -0.141. The molecule has 9 nitrogen and oxygen atoms in total. The Kier molecular flexibility index (Phi) is 6.40. The largest absolute Gasteiger partial charge is 0.488 e. The molecule has 27 heavy (non-hydrogen) atoms. The molecule has 1 unspecified atom stereocenters. The van der Waals surface area contributed by atoms with E-state index >= 15 is 0 Å². The zero-order valence-electron chi connectivity index (χ0n) is 14.4. The molecule has 1 aliphatic heterocycles. The van der Waals surface area contributed by atoms with Crippen molar-refractivity contribution < 1.29 is 19.4 Å². The highest BCUT2D eigenvalue weighted by molar-refractivity contribution is 5.86. The van der Waals surface area contributed by atoms with Crippen molar-refractivity contribution in [2.45, 2.75) is 19.6 Å². The van der Waals surface area contributed by atoms with Crippen molar-refractivity contribution in [1.82, 2.24) is 14.9 Å². The number of nitrogens with zero attached hydrogens (tertiary/aromatic N) is 3. The SMILES string of the molecule is Cl.Nc1ncc(COc2ccccc2CN2CC(C(=O)O)CC2=O)c(N)n1. The monoisotopic (exact) mass is 393 g/mol. The van der Waals surface area contributed by atoms with Gasteiger partial charge in [0.05, 0.1) is 11.5 Å². The summed E-state index contributed by atoms with van der Waals surface area (Å²) in [5.74, 6) is -0.883. The summed E-state index contributed by atoms with van der Waals surface area (Å²) in [5.41, 5.74) is 12.6. The number of halogens is 1. The van der Waals surface area contributed by atoms with Crippen LogP contribution in [0.1, 0.15) is 17.5 Å². The molecule has 1 amide bonds. The number of benzene rings is 1. The third kappa shape index (κ3) is 4.76. The molecule has 1 saturated heterocycles. The van der Waals surface area contributed by atoms with E-state index in [1.54, 1.807) is 6.07 Å². The van der Waals surface area contributed by atoms with Gasteiger partial charge in [-0.1, -0.05) is 18.2 Å². The van der Waals surface area contributed by atoms with Crippen LogP contribution in [0.25, 0.3) is 0 Å². The summed E-state index contributed by atoms with van der Waals surface area (Å²) < 4.78 is 5.81. The number of carboxylic acids is 1. The first-order valence-electron chi connectivity index (χ1n) is 8.02. The Morgan fingerprint density at radius 1 is 1.30 bits per heavy atom. The Hall–Kier alpha value is -3.07. The summed E-state index contributed by atoms with van der Waals surface area (Å²) in [6.45, 7) is 0.628. The lowest BCUT2D eigenvalue weighted by Gasteiger charge is -2.19. The summed E-state index contributed by atoms with van der Waals surface area (Å²) in [4.78, 5) is 32.4. The smallest absolute Gasteiger partial charge is 0.308 e. The highest BCUT2D eigenvalue weighted by atomic mass is 35.5. The summed E-state index contributed by atoms with van der Waals surface area (Å²) >= 11 is 0. The van der Waals surface area contributed by atoms with Gasteiger partial charge < -0.3 is 26.2 Å². The van der Waals surface area contributed by atoms with Crippen LogP contribution < -0.4 is 16.2 Å². The molecule has 10 heteroatoms. The maximum Gasteiger partial charge on any atom is 0.308 e. The van der Waals surface area contributed by atoms with Crippen LogP contribution in [0.5, 0.6) is 5.75 Å². The summed E-state index contributed by atoms with van der Waals surface area (Å²) in [6, 6.07) is 7.25. The number of amides is 1. The third-order valence-corrected chi connectivity index (χ3v) is 4.20. The van der Waals surface area contributed by atoms with Crippen LogP contribution in [0, 0.1) is 5.92 Å². The normalized spacial score (nSPS) is 16.1. The van der Waals surface area contributed by atoms with Crippen LogP contribution in [0.3, 0.4) is 0 Å². The number of carboxylic acid groups (broad SMARTS) is 1. The van der Waals surface area contributed by atoms with Gasteiger partial charge in [-0.15, -0.1) is 12.4 Å². The molecule has 144 valence electrons. The zero-order valence-corrected chi connectivity index (χ0v) is 15.2. The van der Waals surface area contributed by atoms with Gasteiger partial charge in [0.15, 0.2) is 0 Å². The van der Waals surface area contributed by atoms with Crippen molar-refractivity contribution in [1.29, 1.82) is 0 Å². The van der Waals surface area contributed by atoms with E-state index in [9.17, 15) is 9.59 Å². The topological polar surface area (TPSA) is 145 Å². The van der Waals surface area contributed by atoms with Crippen LogP contribution in [0.15, 0.2) is 30.5 Å². The number of anilines is 2. The van der Waals surface area contributed by atoms with Gasteiger partial charge in [-0.05, 0) is 6.07 Å². The van der Waals surface area contributed by atoms with Gasteiger partial charge in [-0.3, -0.25) is 9.59 Å². The van der Waals surface area contributed by atoms with Crippen LogP contribution in [0.2, 0.25) is 0 Å². The quantitative estimate of drug-likeness (QED) is 0.660. The molecule has 3 rings (SSSR count). The van der Waals surface area contributed by atoms with Crippen molar-refractivity contribution in [3.05, 3.63) is 41.6 Å². The molecule has 1 atom stereocenters. The maximum atomic E-state index is 12.0. The van der Waals surface area contributed by atoms with E-state index in [1.807, 2.05) is 18.2 Å². The van der Waals surface area contributed by atoms with Crippen molar-refractivity contribution in [3.63, 3.8) is 0 Å². The molecule has 2 heterocycles. The van der Waals surface area contributed by atoms with Gasteiger partial charge in [0.1, 0.15) is 18.2 Å². The third-order valence-electron chi connectivity index (χ3n) is 4.20. The number of aliphatic carboxylic acids is 1. The fourth-order valence-corrected chi connectivity index (χ4v) is 2.77. The predicted molar refractivity (Wildman–Crippen MR) is 100 cm³/mol. The summed E-state index contributed by atoms with van der Waals surface area (Å²) in [6.07, 6.45) is 1.53. The van der Waals surface area contributed by atoms with Gasteiger partial charge in [0.2, 0.25) is 11.9 Å². The van der Waals surface area contributed by atoms with Crippen LogP contribution in [0.4, 0.5) is 11.8 Å². The number of nitrogens with two attached hydrogens (primary N) is 2. The summed E-state index contributed by atoms with van der Waals surface area (Å²) in [7, 11) is 0. The summed E-state index contributed by atoms with van der Waals surface area (Å²) in [5, 5.41) is 9.09. The number of hydrogen-bond acceptors (Lipinski definition) is 7. The molecular formula is C17H20ClN5O4. The number of aromatic nitrogens is 2. The van der Waals surface area contributed by atoms with Crippen LogP contribution >= 0.6 is 12.4 Å². The number of rotatable bonds is 6. The number of para-hydroxylation sites is 1. The Morgan fingerprint density at radius 3 is 2.70 bits per heavy atom. The lowest BCUT2D eigenvalue weighted by atomic mass is 10.1. The second-order valence-electron chi connectivity index (χ2n) is 6.05. The molecule has 1 aromatic carbocycles. The van der Waals surface area contributed by atoms with Gasteiger partial charge in [-0.25, -0.2) is 4.98 Å². The number of nitrogen functional groups attached to an aromatic ring is 2. The molecule has 1 aromatic heterocycles. The number of likely N-dealkylation sites (tertiary alicyclic amines) is 1. The van der Waals surface area contributed by atoms with E-state index < -0.39 is 11.9 Å². The highest BCUT2D eigenvalue weighted by Crippen LogP contribution is 2.26. The van der Waals surface area contributed by atoms with Gasteiger partial charge in [-0.2, -0.15) is 4.98 Å². The fourth-order valence-electron chi connectivity index (χ4n) is 2.77. The average Bonchev–Trinajstić information content (AvgIpc) is 2.96. The molecule has 1 fully saturated rings. The Bertz CT molecular complexity index is 848. The molecule has 0 spiro atoms. The number of carbonyl (C=O) groups is 2. The average molecular weight is 394 g/mol. The molecule has 2 aromatic rings. The Balaban J connectivity index is 0.00000261. The zero-order chi connectivity index (χ0) is 18.7. The number of ether oxygens (including phenoxy) is 1. The first-order valence-corrected chi connectivity index (χ1v) is 8.02. The molecule has 0 radical (unpaired) electrons. The minimum absolute atomic E-state index is 0. The minimum Gasteiger partial charge on any atom is -0.488 e. The number of carbonyl (C=O) groups excluding carboxylic acids is 1. The molecule has 1 aliphatic rings. The minimum atomic E-state index is -0.954. The lowest BCUT2D eigenvalue weighted by Crippen LogP contribution is -2.26. The number of hydrogen-bond donors (Lipinski definition) is 3.